The highest BCUT2D eigenvalue weighted by atomic mass is 35.5. The van der Waals surface area contributed by atoms with E-state index in [1.165, 1.54) is 16.7 Å². The zero-order valence-electron chi connectivity index (χ0n) is 17.4. The number of aromatic hydroxyl groups is 1. The van der Waals surface area contributed by atoms with Crippen molar-refractivity contribution in [3.05, 3.63) is 95.6 Å². The van der Waals surface area contributed by atoms with Crippen LogP contribution in [-0.4, -0.2) is 30.8 Å². The van der Waals surface area contributed by atoms with Crippen LogP contribution in [0, 0.1) is 0 Å². The van der Waals surface area contributed by atoms with Gasteiger partial charge in [-0.25, -0.2) is 0 Å². The number of ether oxygens (including phenoxy) is 1. The normalized spacial score (nSPS) is 11.0. The van der Waals surface area contributed by atoms with Gasteiger partial charge in [0.2, 0.25) is 0 Å². The second-order valence-corrected chi connectivity index (χ2v) is 6.60. The number of nitrogens with one attached hydrogen (secondary N) is 1. The third-order valence-corrected chi connectivity index (χ3v) is 4.70. The number of rotatable bonds is 8. The number of halogens is 1. The molecule has 0 aliphatic rings. The molecule has 3 rings (SSSR count). The average Bonchev–Trinajstić information content (AvgIpc) is 2.74. The molecule has 0 unspecified atom stereocenters. The summed E-state index contributed by atoms with van der Waals surface area (Å²) in [4.78, 5) is 0. The van der Waals surface area contributed by atoms with Crippen LogP contribution in [-0.2, 0) is 0 Å². The number of phenolic OH excluding ortho intramolecular Hbond substituents is 1. The fourth-order valence-electron chi connectivity index (χ4n) is 3.30. The Bertz CT molecular complexity index is 907. The number of phenols is 1. The molecule has 4 N–H and O–H groups in total. The van der Waals surface area contributed by atoms with Gasteiger partial charge in [0.05, 0.1) is 0 Å². The lowest BCUT2D eigenvalue weighted by Gasteiger charge is -2.17. The van der Waals surface area contributed by atoms with E-state index in [0.29, 0.717) is 6.61 Å². The number of hydrogen-bond donors (Lipinski definition) is 2. The molecule has 0 aliphatic carbocycles. The van der Waals surface area contributed by atoms with E-state index in [2.05, 4.69) is 48.6 Å². The van der Waals surface area contributed by atoms with Gasteiger partial charge in [0.25, 0.3) is 0 Å². The maximum atomic E-state index is 9.72. The second kappa shape index (κ2) is 12.7. The molecule has 4 nitrogen and oxygen atoms in total. The highest BCUT2D eigenvalue weighted by molar-refractivity contribution is 5.98. The van der Waals surface area contributed by atoms with Crippen molar-refractivity contribution in [3.8, 4) is 11.5 Å². The molecule has 0 saturated heterocycles. The summed E-state index contributed by atoms with van der Waals surface area (Å²) in [7, 11) is 1.91. The minimum absolute atomic E-state index is 0. The van der Waals surface area contributed by atoms with Crippen molar-refractivity contribution in [2.75, 3.05) is 20.2 Å². The first-order valence-corrected chi connectivity index (χ1v) is 9.68. The van der Waals surface area contributed by atoms with E-state index in [9.17, 15) is 5.11 Å². The molecule has 0 radical (unpaired) electrons. The molecule has 0 heterocycles. The van der Waals surface area contributed by atoms with Gasteiger partial charge >= 0.3 is 0 Å². The van der Waals surface area contributed by atoms with Gasteiger partial charge in [0.15, 0.2) is 0 Å². The second-order valence-electron chi connectivity index (χ2n) is 6.60. The van der Waals surface area contributed by atoms with E-state index in [4.69, 9.17) is 4.74 Å². The van der Waals surface area contributed by atoms with E-state index in [0.717, 1.165) is 29.8 Å². The molecular weight excluding hydrogens is 398 g/mol. The smallest absolute Gasteiger partial charge is 0.119 e. The van der Waals surface area contributed by atoms with Crippen molar-refractivity contribution in [1.29, 1.82) is 0 Å². The Morgan fingerprint density at radius 2 is 1.40 bits per heavy atom. The molecule has 0 spiro atoms. The first-order chi connectivity index (χ1) is 13.7. The van der Waals surface area contributed by atoms with E-state index in [1.54, 1.807) is 12.1 Å². The van der Waals surface area contributed by atoms with Crippen LogP contribution in [0.2, 0.25) is 0 Å². The zero-order chi connectivity index (χ0) is 19.8. The lowest BCUT2D eigenvalue weighted by atomic mass is 9.88. The third kappa shape index (κ3) is 6.36. The fourth-order valence-corrected chi connectivity index (χ4v) is 3.30. The Morgan fingerprint density at radius 3 is 1.93 bits per heavy atom. The number of likely N-dealkylation sites (N-methyl/N-ethyl adjacent to an activating group) is 1. The molecule has 0 atom stereocenters. The van der Waals surface area contributed by atoms with E-state index in [-0.39, 0.29) is 23.6 Å². The van der Waals surface area contributed by atoms with Crippen LogP contribution in [0.25, 0.3) is 11.1 Å². The van der Waals surface area contributed by atoms with Crippen molar-refractivity contribution in [1.82, 2.24) is 5.32 Å². The summed E-state index contributed by atoms with van der Waals surface area (Å²) in [5.74, 6) is 1.14. The maximum absolute atomic E-state index is 9.72. The van der Waals surface area contributed by atoms with Crippen molar-refractivity contribution >= 4 is 23.6 Å². The van der Waals surface area contributed by atoms with Gasteiger partial charge in [0.1, 0.15) is 18.1 Å². The molecule has 0 fully saturated rings. The Balaban J connectivity index is 0.00000225. The van der Waals surface area contributed by atoms with Gasteiger partial charge in [-0.3, -0.25) is 0 Å². The third-order valence-electron chi connectivity index (χ3n) is 4.70. The molecule has 5 heteroatoms. The summed E-state index contributed by atoms with van der Waals surface area (Å²) in [6.07, 6.45) is 0.903. The quantitative estimate of drug-likeness (QED) is 0.394. The predicted octanol–water partition coefficient (Wildman–Crippen LogP) is 4.96. The molecular formula is C25H30ClNO3. The van der Waals surface area contributed by atoms with Gasteiger partial charge < -0.3 is 20.6 Å². The van der Waals surface area contributed by atoms with Gasteiger partial charge in [-0.05, 0) is 65.6 Å². The fraction of sp³-hybridized carbons (Fsp3) is 0.200. The summed E-state index contributed by atoms with van der Waals surface area (Å²) in [5.41, 5.74) is 5.88. The molecule has 30 heavy (non-hydrogen) atoms. The van der Waals surface area contributed by atoms with Crippen LogP contribution in [0.5, 0.6) is 11.5 Å². The molecule has 160 valence electrons. The Hall–Kier alpha value is -2.79. The lowest BCUT2D eigenvalue weighted by molar-refractivity contribution is 0.318. The highest BCUT2D eigenvalue weighted by Crippen LogP contribution is 2.35. The number of allylic oxidation sites excluding steroid dienone is 1. The molecule has 3 aromatic carbocycles. The van der Waals surface area contributed by atoms with Crippen molar-refractivity contribution in [2.24, 2.45) is 0 Å². The molecule has 0 saturated carbocycles. The van der Waals surface area contributed by atoms with Gasteiger partial charge in [0, 0.05) is 6.54 Å². The van der Waals surface area contributed by atoms with Crippen LogP contribution < -0.4 is 10.1 Å². The van der Waals surface area contributed by atoms with Crippen LogP contribution in [0.3, 0.4) is 0 Å². The first-order valence-electron chi connectivity index (χ1n) is 9.68. The SMILES string of the molecule is CC/C(=C(/c1ccc(O)cc1)c1ccc(OCCNC)cc1)c1ccccc1.Cl.O. The van der Waals surface area contributed by atoms with Crippen LogP contribution in [0.15, 0.2) is 78.9 Å². The van der Waals surface area contributed by atoms with Crippen molar-refractivity contribution in [2.45, 2.75) is 13.3 Å². The summed E-state index contributed by atoms with van der Waals surface area (Å²) in [6, 6.07) is 26.1. The van der Waals surface area contributed by atoms with Crippen LogP contribution in [0.1, 0.15) is 30.0 Å². The molecule has 3 aromatic rings. The van der Waals surface area contributed by atoms with Gasteiger partial charge in [-0.1, -0.05) is 61.5 Å². The standard InChI is InChI=1S/C25H27NO2.ClH.H2O/c1-3-24(19-7-5-4-6-8-19)25(20-9-13-22(27)14-10-20)21-11-15-23(16-12-21)28-18-17-26-2;;/h4-16,26-27H,3,17-18H2,1-2H3;1H;1H2/b25-24+;;. The average molecular weight is 428 g/mol. The minimum atomic E-state index is 0. The molecule has 0 aromatic heterocycles. The lowest BCUT2D eigenvalue weighted by Crippen LogP contribution is -2.15. The topological polar surface area (TPSA) is 73.0 Å². The van der Waals surface area contributed by atoms with Crippen LogP contribution >= 0.6 is 12.4 Å². The summed E-state index contributed by atoms with van der Waals surface area (Å²) in [5, 5.41) is 12.8. The van der Waals surface area contributed by atoms with E-state index >= 15 is 0 Å². The van der Waals surface area contributed by atoms with Gasteiger partial charge in [-0.2, -0.15) is 0 Å². The monoisotopic (exact) mass is 427 g/mol. The molecule has 0 bridgehead atoms. The predicted molar refractivity (Wildman–Crippen MR) is 127 cm³/mol. The van der Waals surface area contributed by atoms with Crippen molar-refractivity contribution in [3.63, 3.8) is 0 Å². The largest absolute Gasteiger partial charge is 0.508 e. The number of benzene rings is 3. The summed E-state index contributed by atoms with van der Waals surface area (Å²) in [6.45, 7) is 3.63. The van der Waals surface area contributed by atoms with Crippen LogP contribution in [0.4, 0.5) is 0 Å². The van der Waals surface area contributed by atoms with E-state index in [1.807, 2.05) is 37.4 Å². The Kier molecular flexibility index (Phi) is 10.7. The molecule has 0 amide bonds. The van der Waals surface area contributed by atoms with E-state index < -0.39 is 0 Å². The maximum Gasteiger partial charge on any atom is 0.119 e. The highest BCUT2D eigenvalue weighted by Gasteiger charge is 2.13. The summed E-state index contributed by atoms with van der Waals surface area (Å²) < 4.78 is 5.76. The molecule has 0 aliphatic heterocycles. The Labute approximate surface area is 185 Å². The van der Waals surface area contributed by atoms with Crippen molar-refractivity contribution < 1.29 is 15.3 Å². The summed E-state index contributed by atoms with van der Waals surface area (Å²) >= 11 is 0. The minimum Gasteiger partial charge on any atom is -0.508 e. The number of hydrogen-bond acceptors (Lipinski definition) is 3. The Morgan fingerprint density at radius 1 is 0.833 bits per heavy atom. The zero-order valence-corrected chi connectivity index (χ0v) is 18.2. The van der Waals surface area contributed by atoms with Gasteiger partial charge in [-0.15, -0.1) is 12.4 Å². The first kappa shape index (κ1) is 25.2.